The van der Waals surface area contributed by atoms with E-state index in [1.165, 1.54) is 0 Å². The van der Waals surface area contributed by atoms with Crippen LogP contribution in [-0.2, 0) is 6.54 Å². The zero-order chi connectivity index (χ0) is 19.0. The summed E-state index contributed by atoms with van der Waals surface area (Å²) in [6, 6.07) is 15.3. The molecule has 0 aliphatic rings. The van der Waals surface area contributed by atoms with Crippen LogP contribution >= 0.6 is 11.6 Å². The van der Waals surface area contributed by atoms with Crippen molar-refractivity contribution in [2.24, 2.45) is 0 Å². The average molecular weight is 376 g/mol. The van der Waals surface area contributed by atoms with Gasteiger partial charge in [0.25, 0.3) is 5.56 Å². The van der Waals surface area contributed by atoms with E-state index in [9.17, 15) is 4.79 Å². The van der Waals surface area contributed by atoms with Crippen molar-refractivity contribution in [3.05, 3.63) is 82.0 Å². The van der Waals surface area contributed by atoms with Crippen LogP contribution in [0.5, 0.6) is 0 Å². The van der Waals surface area contributed by atoms with Gasteiger partial charge in [-0.05, 0) is 49.7 Å². The van der Waals surface area contributed by atoms with E-state index in [0.717, 1.165) is 27.8 Å². The number of pyridine rings is 3. The van der Waals surface area contributed by atoms with Crippen molar-refractivity contribution in [1.29, 1.82) is 0 Å². The Hall–Kier alpha value is -2.98. The SMILES string of the molecule is CCn1c(=O)c(-c2cccnc2)c(-c2cccc(Cl)c2)c2ccc(C)nc21. The Labute approximate surface area is 162 Å². The molecule has 0 bridgehead atoms. The molecule has 3 heterocycles. The summed E-state index contributed by atoms with van der Waals surface area (Å²) in [4.78, 5) is 22.3. The summed E-state index contributed by atoms with van der Waals surface area (Å²) in [6.45, 7) is 4.42. The minimum absolute atomic E-state index is 0.0777. The highest BCUT2D eigenvalue weighted by atomic mass is 35.5. The van der Waals surface area contributed by atoms with Crippen LogP contribution in [0.1, 0.15) is 12.6 Å². The monoisotopic (exact) mass is 375 g/mol. The first-order valence-electron chi connectivity index (χ1n) is 8.80. The second kappa shape index (κ2) is 6.97. The second-order valence-corrected chi connectivity index (χ2v) is 6.81. The largest absolute Gasteiger partial charge is 0.292 e. The van der Waals surface area contributed by atoms with Crippen molar-refractivity contribution in [3.8, 4) is 22.3 Å². The van der Waals surface area contributed by atoms with E-state index in [0.29, 0.717) is 22.8 Å². The molecule has 1 aromatic carbocycles. The van der Waals surface area contributed by atoms with Crippen LogP contribution < -0.4 is 5.56 Å². The van der Waals surface area contributed by atoms with Crippen LogP contribution in [0, 0.1) is 6.92 Å². The highest BCUT2D eigenvalue weighted by Gasteiger charge is 2.20. The molecule has 0 N–H and O–H groups in total. The highest BCUT2D eigenvalue weighted by Crippen LogP contribution is 2.36. The maximum Gasteiger partial charge on any atom is 0.260 e. The number of nitrogens with zero attached hydrogens (tertiary/aromatic N) is 3. The van der Waals surface area contributed by atoms with Gasteiger partial charge >= 0.3 is 0 Å². The van der Waals surface area contributed by atoms with E-state index in [-0.39, 0.29) is 5.56 Å². The van der Waals surface area contributed by atoms with E-state index in [4.69, 9.17) is 11.6 Å². The zero-order valence-corrected chi connectivity index (χ0v) is 15.9. The van der Waals surface area contributed by atoms with E-state index in [1.807, 2.05) is 62.4 Å². The number of aryl methyl sites for hydroxylation is 2. The molecule has 5 heteroatoms. The lowest BCUT2D eigenvalue weighted by Gasteiger charge is -2.17. The molecule has 4 aromatic rings. The molecule has 0 radical (unpaired) electrons. The van der Waals surface area contributed by atoms with E-state index in [2.05, 4.69) is 9.97 Å². The minimum atomic E-state index is -0.0777. The molecule has 0 fully saturated rings. The normalized spacial score (nSPS) is 11.1. The van der Waals surface area contributed by atoms with Gasteiger partial charge in [0.2, 0.25) is 0 Å². The molecule has 27 heavy (non-hydrogen) atoms. The summed E-state index contributed by atoms with van der Waals surface area (Å²) in [5, 5.41) is 1.54. The topological polar surface area (TPSA) is 47.8 Å². The lowest BCUT2D eigenvalue weighted by molar-refractivity contribution is 0.750. The number of benzene rings is 1. The van der Waals surface area contributed by atoms with E-state index >= 15 is 0 Å². The molecule has 134 valence electrons. The van der Waals surface area contributed by atoms with Gasteiger partial charge in [0.15, 0.2) is 0 Å². The third-order valence-electron chi connectivity index (χ3n) is 4.63. The van der Waals surface area contributed by atoms with Gasteiger partial charge in [-0.25, -0.2) is 4.98 Å². The Morgan fingerprint density at radius 2 is 1.85 bits per heavy atom. The molecule has 0 spiro atoms. The molecule has 4 rings (SSSR count). The first kappa shape index (κ1) is 17.4. The molecule has 0 unspecified atom stereocenters. The number of hydrogen-bond acceptors (Lipinski definition) is 3. The lowest BCUT2D eigenvalue weighted by atomic mass is 9.93. The summed E-state index contributed by atoms with van der Waals surface area (Å²) < 4.78 is 1.72. The zero-order valence-electron chi connectivity index (χ0n) is 15.1. The summed E-state index contributed by atoms with van der Waals surface area (Å²) in [5.41, 5.74) is 4.60. The molecule has 0 atom stereocenters. The fourth-order valence-corrected chi connectivity index (χ4v) is 3.62. The van der Waals surface area contributed by atoms with Crippen molar-refractivity contribution in [2.75, 3.05) is 0 Å². The van der Waals surface area contributed by atoms with Crippen molar-refractivity contribution in [1.82, 2.24) is 14.5 Å². The van der Waals surface area contributed by atoms with Gasteiger partial charge in [-0.2, -0.15) is 0 Å². The highest BCUT2D eigenvalue weighted by molar-refractivity contribution is 6.31. The Kier molecular flexibility index (Phi) is 4.50. The fourth-order valence-electron chi connectivity index (χ4n) is 3.43. The number of rotatable bonds is 3. The Morgan fingerprint density at radius 3 is 2.56 bits per heavy atom. The maximum absolute atomic E-state index is 13.5. The van der Waals surface area contributed by atoms with Crippen LogP contribution in [0.3, 0.4) is 0 Å². The first-order valence-corrected chi connectivity index (χ1v) is 9.18. The molecule has 0 saturated carbocycles. The van der Waals surface area contributed by atoms with Crippen molar-refractivity contribution in [2.45, 2.75) is 20.4 Å². The van der Waals surface area contributed by atoms with Gasteiger partial charge in [0.05, 0.1) is 5.56 Å². The van der Waals surface area contributed by atoms with Gasteiger partial charge in [-0.1, -0.05) is 29.8 Å². The van der Waals surface area contributed by atoms with Crippen molar-refractivity contribution < 1.29 is 0 Å². The van der Waals surface area contributed by atoms with Gasteiger partial charge in [-0.15, -0.1) is 0 Å². The lowest BCUT2D eigenvalue weighted by Crippen LogP contribution is -2.23. The average Bonchev–Trinajstić information content (AvgIpc) is 2.67. The van der Waals surface area contributed by atoms with Gasteiger partial charge in [0.1, 0.15) is 5.65 Å². The van der Waals surface area contributed by atoms with Gasteiger partial charge in [0, 0.05) is 46.2 Å². The number of fused-ring (bicyclic) bond motifs is 1. The Morgan fingerprint density at radius 1 is 1.04 bits per heavy atom. The number of aromatic nitrogens is 3. The maximum atomic E-state index is 13.5. The van der Waals surface area contributed by atoms with Crippen LogP contribution in [0.4, 0.5) is 0 Å². The number of halogens is 1. The summed E-state index contributed by atoms with van der Waals surface area (Å²) in [7, 11) is 0. The predicted octanol–water partition coefficient (Wildman–Crippen LogP) is 5.11. The Balaban J connectivity index is 2.24. The smallest absolute Gasteiger partial charge is 0.260 e. The fraction of sp³-hybridized carbons (Fsp3) is 0.136. The third-order valence-corrected chi connectivity index (χ3v) is 4.86. The van der Waals surface area contributed by atoms with Gasteiger partial charge < -0.3 is 0 Å². The molecule has 3 aromatic heterocycles. The second-order valence-electron chi connectivity index (χ2n) is 6.38. The van der Waals surface area contributed by atoms with Crippen LogP contribution in [0.15, 0.2) is 65.7 Å². The first-order chi connectivity index (χ1) is 13.1. The predicted molar refractivity (Wildman–Crippen MR) is 110 cm³/mol. The molecule has 0 aliphatic carbocycles. The standard InChI is InChI=1S/C22H18ClN3O/c1-3-26-21-18(10-9-14(2)25-21)19(15-6-4-8-17(23)12-15)20(22(26)27)16-7-5-11-24-13-16/h4-13H,3H2,1-2H3. The molecular formula is C22H18ClN3O. The number of hydrogen-bond donors (Lipinski definition) is 0. The minimum Gasteiger partial charge on any atom is -0.292 e. The molecular weight excluding hydrogens is 358 g/mol. The molecule has 0 amide bonds. The van der Waals surface area contributed by atoms with Crippen molar-refractivity contribution in [3.63, 3.8) is 0 Å². The van der Waals surface area contributed by atoms with E-state index in [1.54, 1.807) is 17.0 Å². The molecule has 0 aliphatic heterocycles. The van der Waals surface area contributed by atoms with Crippen LogP contribution in [0.25, 0.3) is 33.3 Å². The van der Waals surface area contributed by atoms with E-state index < -0.39 is 0 Å². The summed E-state index contributed by atoms with van der Waals surface area (Å²) in [5.74, 6) is 0. The molecule has 4 nitrogen and oxygen atoms in total. The summed E-state index contributed by atoms with van der Waals surface area (Å²) in [6.07, 6.45) is 3.42. The quantitative estimate of drug-likeness (QED) is 0.500. The molecule has 0 saturated heterocycles. The summed E-state index contributed by atoms with van der Waals surface area (Å²) >= 11 is 6.26. The van der Waals surface area contributed by atoms with Crippen LogP contribution in [-0.4, -0.2) is 14.5 Å². The van der Waals surface area contributed by atoms with Gasteiger partial charge in [-0.3, -0.25) is 14.3 Å². The Bertz CT molecular complexity index is 1200. The third kappa shape index (κ3) is 3.02. The van der Waals surface area contributed by atoms with Crippen molar-refractivity contribution >= 4 is 22.6 Å². The van der Waals surface area contributed by atoms with Crippen LogP contribution in [0.2, 0.25) is 5.02 Å².